The highest BCUT2D eigenvalue weighted by Gasteiger charge is 2.04. The number of amides is 1. The normalized spacial score (nSPS) is 10.2. The van der Waals surface area contributed by atoms with Crippen LogP contribution in [0.4, 0.5) is 17.1 Å². The van der Waals surface area contributed by atoms with Gasteiger partial charge in [0, 0.05) is 22.1 Å². The van der Waals surface area contributed by atoms with Crippen LogP contribution in [0.25, 0.3) is 0 Å². The van der Waals surface area contributed by atoms with Gasteiger partial charge in [0.2, 0.25) is 5.91 Å². The molecule has 5 heteroatoms. The van der Waals surface area contributed by atoms with Gasteiger partial charge in [-0.05, 0) is 54.6 Å². The van der Waals surface area contributed by atoms with Crippen LogP contribution in [-0.2, 0) is 4.79 Å². The average Bonchev–Trinajstić information content (AvgIpc) is 2.64. The van der Waals surface area contributed by atoms with Crippen molar-refractivity contribution in [1.82, 2.24) is 0 Å². The number of halogens is 1. The molecule has 0 atom stereocenters. The van der Waals surface area contributed by atoms with E-state index in [0.29, 0.717) is 11.6 Å². The highest BCUT2D eigenvalue weighted by molar-refractivity contribution is 6.30. The van der Waals surface area contributed by atoms with E-state index in [0.717, 1.165) is 22.8 Å². The van der Waals surface area contributed by atoms with Crippen molar-refractivity contribution >= 4 is 34.6 Å². The fraction of sp³-hybridized carbons (Fsp3) is 0.0952. The Morgan fingerprint density at radius 1 is 0.846 bits per heavy atom. The molecule has 3 aromatic rings. The summed E-state index contributed by atoms with van der Waals surface area (Å²) < 4.78 is 5.53. The number of hydrogen-bond donors (Lipinski definition) is 2. The zero-order chi connectivity index (χ0) is 18.2. The second-order valence-electron chi connectivity index (χ2n) is 5.67. The maximum atomic E-state index is 12.0. The average molecular weight is 367 g/mol. The monoisotopic (exact) mass is 366 g/mol. The summed E-state index contributed by atoms with van der Waals surface area (Å²) >= 11 is 5.98. The van der Waals surface area contributed by atoms with Crippen LogP contribution in [0.2, 0.25) is 5.02 Å². The van der Waals surface area contributed by atoms with E-state index < -0.39 is 0 Å². The standard InChI is InChI=1S/C21H19ClN2O2/c22-16-5-4-6-19(15-16)23-17-9-11-18(12-10-17)24-21(25)13-14-26-20-7-2-1-3-8-20/h1-12,15,23H,13-14H2,(H,24,25). The third-order valence-corrected chi connectivity index (χ3v) is 3.86. The maximum absolute atomic E-state index is 12.0. The van der Waals surface area contributed by atoms with Gasteiger partial charge in [-0.25, -0.2) is 0 Å². The molecule has 0 aliphatic heterocycles. The summed E-state index contributed by atoms with van der Waals surface area (Å²) in [5.41, 5.74) is 2.57. The lowest BCUT2D eigenvalue weighted by Gasteiger charge is -2.09. The predicted octanol–water partition coefficient (Wildman–Crippen LogP) is 5.49. The second kappa shape index (κ2) is 8.92. The summed E-state index contributed by atoms with van der Waals surface area (Å²) in [5.74, 6) is 0.674. The number of para-hydroxylation sites is 1. The number of rotatable bonds is 7. The fourth-order valence-corrected chi connectivity index (χ4v) is 2.56. The minimum atomic E-state index is -0.0866. The first-order valence-electron chi connectivity index (χ1n) is 8.29. The van der Waals surface area contributed by atoms with Crippen molar-refractivity contribution in [2.24, 2.45) is 0 Å². The molecule has 0 unspecified atom stereocenters. The first-order chi connectivity index (χ1) is 12.7. The topological polar surface area (TPSA) is 50.4 Å². The Labute approximate surface area is 157 Å². The van der Waals surface area contributed by atoms with E-state index in [-0.39, 0.29) is 12.3 Å². The van der Waals surface area contributed by atoms with E-state index in [9.17, 15) is 4.79 Å². The molecule has 3 rings (SSSR count). The summed E-state index contributed by atoms with van der Waals surface area (Å²) in [6.45, 7) is 0.338. The number of carbonyl (C=O) groups excluding carboxylic acids is 1. The molecule has 0 bridgehead atoms. The Bertz CT molecular complexity index is 851. The van der Waals surface area contributed by atoms with Gasteiger partial charge in [-0.3, -0.25) is 4.79 Å². The Kier molecular flexibility index (Phi) is 6.12. The number of anilines is 3. The number of carbonyl (C=O) groups is 1. The van der Waals surface area contributed by atoms with E-state index in [1.54, 1.807) is 0 Å². The van der Waals surface area contributed by atoms with Crippen LogP contribution in [0.15, 0.2) is 78.9 Å². The molecule has 132 valence electrons. The molecule has 0 fully saturated rings. The first kappa shape index (κ1) is 17.8. The Hall–Kier alpha value is -2.98. The molecule has 0 saturated carbocycles. The van der Waals surface area contributed by atoms with Crippen molar-refractivity contribution in [3.63, 3.8) is 0 Å². The van der Waals surface area contributed by atoms with Crippen LogP contribution in [0, 0.1) is 0 Å². The number of benzene rings is 3. The fourth-order valence-electron chi connectivity index (χ4n) is 2.37. The maximum Gasteiger partial charge on any atom is 0.227 e. The van der Waals surface area contributed by atoms with Crippen LogP contribution in [0.5, 0.6) is 5.75 Å². The number of hydrogen-bond acceptors (Lipinski definition) is 3. The van der Waals surface area contributed by atoms with Crippen molar-refractivity contribution in [2.45, 2.75) is 6.42 Å². The molecule has 4 nitrogen and oxygen atoms in total. The van der Waals surface area contributed by atoms with Crippen LogP contribution in [0.1, 0.15) is 6.42 Å². The van der Waals surface area contributed by atoms with E-state index in [1.165, 1.54) is 0 Å². The Morgan fingerprint density at radius 3 is 2.31 bits per heavy atom. The van der Waals surface area contributed by atoms with Gasteiger partial charge in [-0.15, -0.1) is 0 Å². The highest BCUT2D eigenvalue weighted by Crippen LogP contribution is 2.21. The van der Waals surface area contributed by atoms with Crippen LogP contribution >= 0.6 is 11.6 Å². The summed E-state index contributed by atoms with van der Waals surface area (Å²) in [6.07, 6.45) is 0.289. The lowest BCUT2D eigenvalue weighted by molar-refractivity contribution is -0.116. The lowest BCUT2D eigenvalue weighted by Crippen LogP contribution is -2.15. The van der Waals surface area contributed by atoms with Crippen LogP contribution in [-0.4, -0.2) is 12.5 Å². The zero-order valence-electron chi connectivity index (χ0n) is 14.1. The summed E-state index contributed by atoms with van der Waals surface area (Å²) in [4.78, 5) is 12.0. The quantitative estimate of drug-likeness (QED) is 0.581. The zero-order valence-corrected chi connectivity index (χ0v) is 14.9. The number of ether oxygens (including phenoxy) is 1. The molecule has 0 spiro atoms. The van der Waals surface area contributed by atoms with Crippen molar-refractivity contribution in [3.05, 3.63) is 83.9 Å². The van der Waals surface area contributed by atoms with Crippen molar-refractivity contribution in [3.8, 4) is 5.75 Å². The molecule has 26 heavy (non-hydrogen) atoms. The molecule has 0 saturated heterocycles. The van der Waals surface area contributed by atoms with Gasteiger partial charge >= 0.3 is 0 Å². The SMILES string of the molecule is O=C(CCOc1ccccc1)Nc1ccc(Nc2cccc(Cl)c2)cc1. The molecule has 1 amide bonds. The van der Waals surface area contributed by atoms with Gasteiger partial charge in [0.15, 0.2) is 0 Å². The smallest absolute Gasteiger partial charge is 0.227 e. The van der Waals surface area contributed by atoms with Crippen LogP contribution < -0.4 is 15.4 Å². The number of nitrogens with one attached hydrogen (secondary N) is 2. The summed E-state index contributed by atoms with van der Waals surface area (Å²) in [6, 6.07) is 24.4. The van der Waals surface area contributed by atoms with Crippen molar-refractivity contribution in [2.75, 3.05) is 17.2 Å². The molecule has 2 N–H and O–H groups in total. The molecule has 0 aliphatic carbocycles. The summed E-state index contributed by atoms with van der Waals surface area (Å²) in [5, 5.41) is 6.80. The van der Waals surface area contributed by atoms with E-state index >= 15 is 0 Å². The van der Waals surface area contributed by atoms with E-state index in [1.807, 2.05) is 78.9 Å². The first-order valence-corrected chi connectivity index (χ1v) is 8.67. The van der Waals surface area contributed by atoms with E-state index in [2.05, 4.69) is 10.6 Å². The van der Waals surface area contributed by atoms with Crippen molar-refractivity contribution in [1.29, 1.82) is 0 Å². The van der Waals surface area contributed by atoms with Crippen LogP contribution in [0.3, 0.4) is 0 Å². The molecule has 3 aromatic carbocycles. The highest BCUT2D eigenvalue weighted by atomic mass is 35.5. The molecular weight excluding hydrogens is 348 g/mol. The molecule has 0 heterocycles. The molecule has 0 aliphatic rings. The third-order valence-electron chi connectivity index (χ3n) is 3.62. The van der Waals surface area contributed by atoms with Gasteiger partial charge in [-0.1, -0.05) is 35.9 Å². The van der Waals surface area contributed by atoms with Gasteiger partial charge in [0.25, 0.3) is 0 Å². The third kappa shape index (κ3) is 5.53. The minimum absolute atomic E-state index is 0.0866. The lowest BCUT2D eigenvalue weighted by atomic mass is 10.2. The molecular formula is C21H19ClN2O2. The molecule has 0 aromatic heterocycles. The predicted molar refractivity (Wildman–Crippen MR) is 106 cm³/mol. The largest absolute Gasteiger partial charge is 0.493 e. The Balaban J connectivity index is 1.46. The van der Waals surface area contributed by atoms with Crippen molar-refractivity contribution < 1.29 is 9.53 Å². The van der Waals surface area contributed by atoms with Gasteiger partial charge in [0.05, 0.1) is 13.0 Å². The molecule has 0 radical (unpaired) electrons. The van der Waals surface area contributed by atoms with E-state index in [4.69, 9.17) is 16.3 Å². The van der Waals surface area contributed by atoms with Gasteiger partial charge in [-0.2, -0.15) is 0 Å². The van der Waals surface area contributed by atoms with Gasteiger partial charge < -0.3 is 15.4 Å². The Morgan fingerprint density at radius 2 is 1.58 bits per heavy atom. The minimum Gasteiger partial charge on any atom is -0.493 e. The summed E-state index contributed by atoms with van der Waals surface area (Å²) in [7, 11) is 0. The second-order valence-corrected chi connectivity index (χ2v) is 6.11. The van der Waals surface area contributed by atoms with Gasteiger partial charge in [0.1, 0.15) is 5.75 Å².